The van der Waals surface area contributed by atoms with Gasteiger partial charge in [0, 0.05) is 23.5 Å². The fraction of sp³-hybridized carbons (Fsp3) is 0.727. The maximum atomic E-state index is 5.81. The Labute approximate surface area is 89.5 Å². The summed E-state index contributed by atoms with van der Waals surface area (Å²) in [4.78, 5) is 5.66. The Kier molecular flexibility index (Phi) is 3.19. The molecule has 0 bridgehead atoms. The number of thiazole rings is 1. The van der Waals surface area contributed by atoms with Gasteiger partial charge in [-0.3, -0.25) is 0 Å². The standard InChI is InChI=1S/C11H18N2S/c1-8(12)10-7-13-11(14-10)6-9-4-2-3-5-9/h7-9H,2-6,12H2,1H3. The molecule has 0 spiro atoms. The summed E-state index contributed by atoms with van der Waals surface area (Å²) in [7, 11) is 0. The van der Waals surface area contributed by atoms with Crippen molar-refractivity contribution < 1.29 is 0 Å². The van der Waals surface area contributed by atoms with Crippen LogP contribution in [0.5, 0.6) is 0 Å². The summed E-state index contributed by atoms with van der Waals surface area (Å²) in [5.74, 6) is 0.891. The van der Waals surface area contributed by atoms with Crippen molar-refractivity contribution in [2.24, 2.45) is 11.7 Å². The number of rotatable bonds is 3. The van der Waals surface area contributed by atoms with Crippen LogP contribution in [0.1, 0.15) is 48.5 Å². The van der Waals surface area contributed by atoms with Crippen molar-refractivity contribution in [2.75, 3.05) is 0 Å². The van der Waals surface area contributed by atoms with Gasteiger partial charge in [-0.2, -0.15) is 0 Å². The fourth-order valence-corrected chi connectivity index (χ4v) is 3.08. The first-order valence-corrected chi connectivity index (χ1v) is 6.27. The number of aromatic nitrogens is 1. The van der Waals surface area contributed by atoms with Gasteiger partial charge in [-0.05, 0) is 12.8 Å². The van der Waals surface area contributed by atoms with Gasteiger partial charge in [-0.25, -0.2) is 4.98 Å². The molecule has 0 aromatic carbocycles. The Hall–Kier alpha value is -0.410. The molecule has 1 unspecified atom stereocenters. The molecule has 0 radical (unpaired) electrons. The van der Waals surface area contributed by atoms with E-state index in [0.29, 0.717) is 0 Å². The van der Waals surface area contributed by atoms with E-state index in [-0.39, 0.29) is 6.04 Å². The minimum absolute atomic E-state index is 0.143. The van der Waals surface area contributed by atoms with Crippen LogP contribution in [-0.2, 0) is 6.42 Å². The first-order chi connectivity index (χ1) is 6.75. The molecule has 3 heteroatoms. The second-order valence-corrected chi connectivity index (χ2v) is 5.45. The third kappa shape index (κ3) is 2.34. The van der Waals surface area contributed by atoms with Crippen LogP contribution in [-0.4, -0.2) is 4.98 Å². The van der Waals surface area contributed by atoms with E-state index in [1.807, 2.05) is 13.1 Å². The van der Waals surface area contributed by atoms with E-state index in [1.54, 1.807) is 11.3 Å². The second-order valence-electron chi connectivity index (χ2n) is 4.30. The first-order valence-electron chi connectivity index (χ1n) is 5.46. The summed E-state index contributed by atoms with van der Waals surface area (Å²) in [5.41, 5.74) is 5.81. The van der Waals surface area contributed by atoms with Crippen molar-refractivity contribution in [1.29, 1.82) is 0 Å². The molecule has 0 aliphatic heterocycles. The molecule has 1 heterocycles. The van der Waals surface area contributed by atoms with Gasteiger partial charge in [0.2, 0.25) is 0 Å². The highest BCUT2D eigenvalue weighted by molar-refractivity contribution is 7.11. The number of hydrogen-bond acceptors (Lipinski definition) is 3. The molecule has 1 fully saturated rings. The lowest BCUT2D eigenvalue weighted by Gasteiger charge is -2.04. The lowest BCUT2D eigenvalue weighted by molar-refractivity contribution is 0.545. The third-order valence-electron chi connectivity index (χ3n) is 2.96. The minimum atomic E-state index is 0.143. The van der Waals surface area contributed by atoms with Gasteiger partial charge < -0.3 is 5.73 Å². The molecule has 1 atom stereocenters. The van der Waals surface area contributed by atoms with Crippen LogP contribution < -0.4 is 5.73 Å². The summed E-state index contributed by atoms with van der Waals surface area (Å²) >= 11 is 1.79. The van der Waals surface area contributed by atoms with E-state index >= 15 is 0 Å². The van der Waals surface area contributed by atoms with Crippen LogP contribution in [0.2, 0.25) is 0 Å². The smallest absolute Gasteiger partial charge is 0.0931 e. The summed E-state index contributed by atoms with van der Waals surface area (Å²) < 4.78 is 0. The lowest BCUT2D eigenvalue weighted by Crippen LogP contribution is -2.01. The van der Waals surface area contributed by atoms with Crippen molar-refractivity contribution in [3.63, 3.8) is 0 Å². The van der Waals surface area contributed by atoms with Gasteiger partial charge in [-0.1, -0.05) is 25.7 Å². The monoisotopic (exact) mass is 210 g/mol. The summed E-state index contributed by atoms with van der Waals surface area (Å²) in [6.07, 6.45) is 8.74. The van der Waals surface area contributed by atoms with Gasteiger partial charge in [-0.15, -0.1) is 11.3 Å². The van der Waals surface area contributed by atoms with E-state index < -0.39 is 0 Å². The largest absolute Gasteiger partial charge is 0.323 e. The Morgan fingerprint density at radius 3 is 2.86 bits per heavy atom. The molecule has 1 aromatic rings. The zero-order chi connectivity index (χ0) is 9.97. The van der Waals surface area contributed by atoms with E-state index in [4.69, 9.17) is 5.73 Å². The van der Waals surface area contributed by atoms with E-state index in [1.165, 1.54) is 42.0 Å². The van der Waals surface area contributed by atoms with E-state index in [2.05, 4.69) is 4.98 Å². The molecule has 0 saturated heterocycles. The molecule has 1 aromatic heterocycles. The van der Waals surface area contributed by atoms with Gasteiger partial charge in [0.1, 0.15) is 0 Å². The average molecular weight is 210 g/mol. The van der Waals surface area contributed by atoms with Crippen molar-refractivity contribution in [3.8, 4) is 0 Å². The highest BCUT2D eigenvalue weighted by Gasteiger charge is 2.17. The van der Waals surface area contributed by atoms with Crippen LogP contribution in [0.4, 0.5) is 0 Å². The summed E-state index contributed by atoms with van der Waals surface area (Å²) in [6, 6.07) is 0.143. The van der Waals surface area contributed by atoms with Crippen LogP contribution in [0.25, 0.3) is 0 Å². The van der Waals surface area contributed by atoms with Crippen molar-refractivity contribution in [2.45, 2.75) is 45.1 Å². The highest BCUT2D eigenvalue weighted by atomic mass is 32.1. The van der Waals surface area contributed by atoms with Crippen LogP contribution in [0.3, 0.4) is 0 Å². The molecule has 2 N–H and O–H groups in total. The van der Waals surface area contributed by atoms with Gasteiger partial charge >= 0.3 is 0 Å². The predicted molar refractivity (Wildman–Crippen MR) is 60.4 cm³/mol. The molecule has 1 aliphatic rings. The molecule has 1 aliphatic carbocycles. The van der Waals surface area contributed by atoms with Gasteiger partial charge in [0.25, 0.3) is 0 Å². The first kappa shape index (κ1) is 10.1. The third-order valence-corrected chi connectivity index (χ3v) is 4.18. The van der Waals surface area contributed by atoms with E-state index in [0.717, 1.165) is 5.92 Å². The topological polar surface area (TPSA) is 38.9 Å². The van der Waals surface area contributed by atoms with Crippen LogP contribution >= 0.6 is 11.3 Å². The lowest BCUT2D eigenvalue weighted by atomic mass is 10.1. The molecular formula is C11H18N2S. The average Bonchev–Trinajstić information content (AvgIpc) is 2.75. The Morgan fingerprint density at radius 2 is 2.29 bits per heavy atom. The summed E-state index contributed by atoms with van der Waals surface area (Å²) in [5, 5.41) is 1.28. The normalized spacial score (nSPS) is 20.1. The SMILES string of the molecule is CC(N)c1cnc(CC2CCCC2)s1. The van der Waals surface area contributed by atoms with Crippen molar-refractivity contribution in [3.05, 3.63) is 16.1 Å². The Morgan fingerprint density at radius 1 is 1.57 bits per heavy atom. The minimum Gasteiger partial charge on any atom is -0.323 e. The molecule has 2 nitrogen and oxygen atoms in total. The summed E-state index contributed by atoms with van der Waals surface area (Å²) in [6.45, 7) is 2.02. The second kappa shape index (κ2) is 4.41. The van der Waals surface area contributed by atoms with Gasteiger partial charge in [0.05, 0.1) is 5.01 Å². The zero-order valence-corrected chi connectivity index (χ0v) is 9.52. The Balaban J connectivity index is 1.95. The molecule has 1 saturated carbocycles. The molecular weight excluding hydrogens is 192 g/mol. The fourth-order valence-electron chi connectivity index (χ4n) is 2.09. The molecule has 78 valence electrons. The number of nitrogens with two attached hydrogens (primary N) is 1. The quantitative estimate of drug-likeness (QED) is 0.833. The molecule has 2 rings (SSSR count). The Bertz CT molecular complexity index is 287. The number of nitrogens with zero attached hydrogens (tertiary/aromatic N) is 1. The maximum absolute atomic E-state index is 5.81. The van der Waals surface area contributed by atoms with Crippen molar-refractivity contribution >= 4 is 11.3 Å². The van der Waals surface area contributed by atoms with Crippen LogP contribution in [0, 0.1) is 5.92 Å². The van der Waals surface area contributed by atoms with Crippen LogP contribution in [0.15, 0.2) is 6.20 Å². The van der Waals surface area contributed by atoms with Crippen molar-refractivity contribution in [1.82, 2.24) is 4.98 Å². The molecule has 14 heavy (non-hydrogen) atoms. The van der Waals surface area contributed by atoms with Gasteiger partial charge in [0.15, 0.2) is 0 Å². The predicted octanol–water partition coefficient (Wildman–Crippen LogP) is 2.90. The number of hydrogen-bond donors (Lipinski definition) is 1. The molecule has 0 amide bonds. The maximum Gasteiger partial charge on any atom is 0.0931 e. The zero-order valence-electron chi connectivity index (χ0n) is 8.70. The highest BCUT2D eigenvalue weighted by Crippen LogP contribution is 2.30. The van der Waals surface area contributed by atoms with E-state index in [9.17, 15) is 0 Å².